The summed E-state index contributed by atoms with van der Waals surface area (Å²) >= 11 is 6.21. The number of fused-ring (bicyclic) bond motifs is 1. The minimum atomic E-state index is -0.952. The summed E-state index contributed by atoms with van der Waals surface area (Å²) in [4.78, 5) is 28.4. The molecule has 14 heteroatoms. The molecule has 37 heavy (non-hydrogen) atoms. The summed E-state index contributed by atoms with van der Waals surface area (Å²) in [7, 11) is 0. The Hall–Kier alpha value is -4.36. The summed E-state index contributed by atoms with van der Waals surface area (Å²) in [6.45, 7) is 1.89. The first-order valence-corrected chi connectivity index (χ1v) is 11.4. The second-order valence-electron chi connectivity index (χ2n) is 8.55. The number of benzene rings is 1. The molecule has 0 radical (unpaired) electrons. The molecule has 1 aromatic carbocycles. The van der Waals surface area contributed by atoms with E-state index in [2.05, 4.69) is 20.1 Å². The van der Waals surface area contributed by atoms with Crippen LogP contribution in [-0.2, 0) is 0 Å². The SMILES string of the molecule is C[C@@H]1CC(c2nc(-c3ccc(N)nc3F)c(F)[nH]2)n2c1nc(-c1cc(Cl)ccc1N(N)/C=N\N)cc2=O. The fourth-order valence-corrected chi connectivity index (χ4v) is 4.66. The predicted molar refractivity (Wildman–Crippen MR) is 136 cm³/mol. The summed E-state index contributed by atoms with van der Waals surface area (Å²) in [5.41, 5.74) is 5.98. The molecule has 190 valence electrons. The first kappa shape index (κ1) is 24.3. The maximum Gasteiger partial charge on any atom is 0.254 e. The molecule has 5 rings (SSSR count). The Morgan fingerprint density at radius 1 is 1.19 bits per heavy atom. The highest BCUT2D eigenvalue weighted by molar-refractivity contribution is 6.31. The monoisotopic (exact) mass is 526 g/mol. The van der Waals surface area contributed by atoms with Crippen molar-refractivity contribution in [2.75, 3.05) is 10.7 Å². The van der Waals surface area contributed by atoms with Crippen molar-refractivity contribution in [1.29, 1.82) is 0 Å². The summed E-state index contributed by atoms with van der Waals surface area (Å²) in [6, 6.07) is 8.23. The molecule has 1 aliphatic rings. The molecule has 0 saturated carbocycles. The number of hydrogen-bond acceptors (Lipinski definition) is 8. The number of nitrogen functional groups attached to an aromatic ring is 1. The van der Waals surface area contributed by atoms with Gasteiger partial charge in [0.1, 0.15) is 29.5 Å². The van der Waals surface area contributed by atoms with Crippen molar-refractivity contribution >= 4 is 29.4 Å². The number of imidazole rings is 1. The van der Waals surface area contributed by atoms with Gasteiger partial charge in [-0.3, -0.25) is 14.4 Å². The highest BCUT2D eigenvalue weighted by Gasteiger charge is 2.35. The molecule has 11 nitrogen and oxygen atoms in total. The second kappa shape index (κ2) is 9.26. The molecule has 2 atom stereocenters. The number of halogens is 3. The van der Waals surface area contributed by atoms with Crippen LogP contribution in [0.3, 0.4) is 0 Å². The Labute approximate surface area is 213 Å². The number of nitrogens with two attached hydrogens (primary N) is 3. The largest absolute Gasteiger partial charge is 0.384 e. The molecule has 3 aromatic heterocycles. The van der Waals surface area contributed by atoms with Crippen LogP contribution in [-0.4, -0.2) is 30.8 Å². The average Bonchev–Trinajstić information content (AvgIpc) is 3.39. The van der Waals surface area contributed by atoms with Crippen LogP contribution in [0.25, 0.3) is 22.5 Å². The Morgan fingerprint density at radius 3 is 2.70 bits per heavy atom. The molecule has 7 N–H and O–H groups in total. The summed E-state index contributed by atoms with van der Waals surface area (Å²) in [5.74, 6) is 9.82. The molecule has 4 heterocycles. The molecule has 0 bridgehead atoms. The van der Waals surface area contributed by atoms with Gasteiger partial charge in [-0.05, 0) is 36.8 Å². The molecule has 0 spiro atoms. The molecule has 0 amide bonds. The highest BCUT2D eigenvalue weighted by Crippen LogP contribution is 2.39. The van der Waals surface area contributed by atoms with Gasteiger partial charge in [0.05, 0.1) is 23.0 Å². The van der Waals surface area contributed by atoms with Gasteiger partial charge in [-0.25, -0.2) is 20.8 Å². The lowest BCUT2D eigenvalue weighted by molar-refractivity contribution is 0.537. The number of aromatic nitrogens is 5. The van der Waals surface area contributed by atoms with E-state index in [0.717, 1.165) is 0 Å². The Kier molecular flexibility index (Phi) is 6.09. The summed E-state index contributed by atoms with van der Waals surface area (Å²) in [5, 5.41) is 5.02. The lowest BCUT2D eigenvalue weighted by atomic mass is 10.1. The maximum absolute atomic E-state index is 14.8. The number of hydrogen-bond donors (Lipinski definition) is 4. The Morgan fingerprint density at radius 2 is 1.97 bits per heavy atom. The zero-order valence-corrected chi connectivity index (χ0v) is 20.1. The number of hydrazone groups is 1. The average molecular weight is 527 g/mol. The molecular formula is C23H21ClF2N10O. The van der Waals surface area contributed by atoms with Crippen molar-refractivity contribution in [2.24, 2.45) is 16.8 Å². The van der Waals surface area contributed by atoms with E-state index in [9.17, 15) is 13.6 Å². The van der Waals surface area contributed by atoms with Crippen molar-refractivity contribution in [3.8, 4) is 22.5 Å². The van der Waals surface area contributed by atoms with Gasteiger partial charge in [0.15, 0.2) is 0 Å². The van der Waals surface area contributed by atoms with Crippen LogP contribution in [0.4, 0.5) is 20.3 Å². The van der Waals surface area contributed by atoms with E-state index in [1.807, 2.05) is 6.92 Å². The van der Waals surface area contributed by atoms with E-state index in [4.69, 9.17) is 34.0 Å². The van der Waals surface area contributed by atoms with Crippen LogP contribution < -0.4 is 28.0 Å². The molecule has 1 unspecified atom stereocenters. The number of pyridine rings is 1. The van der Waals surface area contributed by atoms with Gasteiger partial charge in [0.2, 0.25) is 11.9 Å². The van der Waals surface area contributed by atoms with Crippen molar-refractivity contribution in [2.45, 2.75) is 25.3 Å². The summed E-state index contributed by atoms with van der Waals surface area (Å²) < 4.78 is 30.6. The van der Waals surface area contributed by atoms with Crippen LogP contribution in [0.1, 0.15) is 37.0 Å². The third kappa shape index (κ3) is 4.27. The molecule has 1 aliphatic heterocycles. The molecule has 0 saturated heterocycles. The topological polar surface area (TPSA) is 170 Å². The van der Waals surface area contributed by atoms with Crippen LogP contribution in [0.5, 0.6) is 0 Å². The van der Waals surface area contributed by atoms with Crippen molar-refractivity contribution < 1.29 is 8.78 Å². The zero-order chi connectivity index (χ0) is 26.4. The minimum absolute atomic E-state index is 0.0414. The number of hydrazine groups is 1. The molecular weight excluding hydrogens is 506 g/mol. The number of anilines is 2. The normalized spacial score (nSPS) is 16.9. The minimum Gasteiger partial charge on any atom is -0.384 e. The van der Waals surface area contributed by atoms with Gasteiger partial charge >= 0.3 is 0 Å². The fraction of sp³-hybridized carbons (Fsp3) is 0.174. The quantitative estimate of drug-likeness (QED) is 0.101. The van der Waals surface area contributed by atoms with E-state index in [1.165, 1.54) is 34.1 Å². The van der Waals surface area contributed by atoms with Crippen LogP contribution in [0.15, 0.2) is 46.3 Å². The van der Waals surface area contributed by atoms with Crippen molar-refractivity contribution in [3.05, 3.63) is 75.3 Å². The highest BCUT2D eigenvalue weighted by atomic mass is 35.5. The lowest BCUT2D eigenvalue weighted by Crippen LogP contribution is -2.30. The maximum atomic E-state index is 14.8. The second-order valence-corrected chi connectivity index (χ2v) is 8.99. The Balaban J connectivity index is 1.59. The number of nitrogens with zero attached hydrogens (tertiary/aromatic N) is 6. The van der Waals surface area contributed by atoms with E-state index in [0.29, 0.717) is 34.2 Å². The van der Waals surface area contributed by atoms with E-state index < -0.39 is 23.5 Å². The number of nitrogens with one attached hydrogen (secondary N) is 1. The van der Waals surface area contributed by atoms with Gasteiger partial charge in [-0.15, -0.1) is 0 Å². The standard InChI is InChI=1S/C23H21ClF2N10O/c1-10-6-16(22-33-19(21(26)34-22)12-3-5-17(27)32-20(12)25)36-18(37)8-14(31-23(10)36)13-7-11(24)2-4-15(13)35(29)9-30-28/h2-5,7-10,16H,6,28-29H2,1H3,(H2,27,32)(H,33,34)/b30-9-/t10-,16?/m1/s1. The third-order valence-corrected chi connectivity index (χ3v) is 6.37. The lowest BCUT2D eigenvalue weighted by Gasteiger charge is -2.18. The van der Waals surface area contributed by atoms with Crippen LogP contribution >= 0.6 is 11.6 Å². The molecule has 0 fully saturated rings. The molecule has 4 aromatic rings. The first-order valence-electron chi connectivity index (χ1n) is 11.1. The first-order chi connectivity index (χ1) is 17.7. The van der Waals surface area contributed by atoms with Gasteiger partial charge in [0.25, 0.3) is 5.56 Å². The predicted octanol–water partition coefficient (Wildman–Crippen LogP) is 2.89. The van der Waals surface area contributed by atoms with Gasteiger partial charge in [0, 0.05) is 22.6 Å². The zero-order valence-electron chi connectivity index (χ0n) is 19.4. The van der Waals surface area contributed by atoms with Crippen LogP contribution in [0, 0.1) is 11.9 Å². The van der Waals surface area contributed by atoms with E-state index in [1.54, 1.807) is 18.2 Å². The number of aromatic amines is 1. The van der Waals surface area contributed by atoms with Gasteiger partial charge in [-0.2, -0.15) is 13.9 Å². The fourth-order valence-electron chi connectivity index (χ4n) is 4.49. The van der Waals surface area contributed by atoms with Gasteiger partial charge < -0.3 is 16.6 Å². The van der Waals surface area contributed by atoms with Crippen molar-refractivity contribution in [1.82, 2.24) is 24.5 Å². The number of H-pyrrole nitrogens is 1. The van der Waals surface area contributed by atoms with Crippen LogP contribution in [0.2, 0.25) is 5.02 Å². The number of rotatable bonds is 5. The van der Waals surface area contributed by atoms with E-state index >= 15 is 0 Å². The van der Waals surface area contributed by atoms with Gasteiger partial charge in [-0.1, -0.05) is 18.5 Å². The third-order valence-electron chi connectivity index (χ3n) is 6.13. The smallest absolute Gasteiger partial charge is 0.254 e. The summed E-state index contributed by atoms with van der Waals surface area (Å²) in [6.07, 6.45) is 1.61. The Bertz CT molecular complexity index is 1600. The molecule has 0 aliphatic carbocycles. The van der Waals surface area contributed by atoms with E-state index in [-0.39, 0.29) is 28.8 Å². The van der Waals surface area contributed by atoms with Crippen molar-refractivity contribution in [3.63, 3.8) is 0 Å².